The Morgan fingerprint density at radius 3 is 2.45 bits per heavy atom. The quantitative estimate of drug-likeness (QED) is 0.686. The van der Waals surface area contributed by atoms with Gasteiger partial charge in [-0.3, -0.25) is 4.90 Å². The molecular weight excluding hydrogens is 368 g/mol. The number of piperazine rings is 1. The number of ether oxygens (including phenoxy) is 1. The van der Waals surface area contributed by atoms with E-state index in [9.17, 15) is 9.90 Å². The molecule has 29 heavy (non-hydrogen) atoms. The minimum atomic E-state index is -0.433. The molecule has 4 rings (SSSR count). The van der Waals surface area contributed by atoms with E-state index in [1.54, 1.807) is 14.0 Å². The van der Waals surface area contributed by atoms with Crippen molar-refractivity contribution in [3.05, 3.63) is 57.9 Å². The molecule has 6 nitrogen and oxygen atoms in total. The zero-order chi connectivity index (χ0) is 20.5. The van der Waals surface area contributed by atoms with Crippen molar-refractivity contribution in [1.29, 1.82) is 0 Å². The molecule has 1 saturated heterocycles. The van der Waals surface area contributed by atoms with Crippen molar-refractivity contribution in [1.82, 2.24) is 9.80 Å². The summed E-state index contributed by atoms with van der Waals surface area (Å²) in [6.07, 6.45) is 0. The van der Waals surface area contributed by atoms with Gasteiger partial charge in [0.15, 0.2) is 0 Å². The molecule has 152 valence electrons. The summed E-state index contributed by atoms with van der Waals surface area (Å²) in [5.41, 5.74) is 3.14. The van der Waals surface area contributed by atoms with Crippen LogP contribution in [0.1, 0.15) is 11.1 Å². The molecular formula is C23H26N2O4. The summed E-state index contributed by atoms with van der Waals surface area (Å²) in [7, 11) is 3.75. The molecule has 0 unspecified atom stereocenters. The van der Waals surface area contributed by atoms with Gasteiger partial charge < -0.3 is 19.2 Å². The van der Waals surface area contributed by atoms with E-state index in [0.717, 1.165) is 54.0 Å². The number of fused-ring (bicyclic) bond motifs is 1. The molecule has 0 aliphatic carbocycles. The van der Waals surface area contributed by atoms with Crippen LogP contribution in [0.25, 0.3) is 22.1 Å². The van der Waals surface area contributed by atoms with E-state index >= 15 is 0 Å². The largest absolute Gasteiger partial charge is 0.507 e. The standard InChI is InChI=1S/C23H26N2O4/c1-15-22(27)17(14-25-10-8-24(2)9-11-25)12-20-19(13-21(26)29-23(15)20)16-4-6-18(28-3)7-5-16/h4-7,12-13,27H,8-11,14H2,1-3H3. The van der Waals surface area contributed by atoms with E-state index in [1.807, 2.05) is 30.3 Å². The van der Waals surface area contributed by atoms with Gasteiger partial charge in [-0.15, -0.1) is 0 Å². The van der Waals surface area contributed by atoms with Crippen LogP contribution in [-0.2, 0) is 6.54 Å². The van der Waals surface area contributed by atoms with Gasteiger partial charge in [0.1, 0.15) is 17.1 Å². The summed E-state index contributed by atoms with van der Waals surface area (Å²) >= 11 is 0. The fourth-order valence-corrected chi connectivity index (χ4v) is 3.89. The molecule has 3 aromatic rings. The highest BCUT2D eigenvalue weighted by molar-refractivity contribution is 5.96. The van der Waals surface area contributed by atoms with Crippen LogP contribution in [-0.4, -0.2) is 55.2 Å². The van der Waals surface area contributed by atoms with Gasteiger partial charge in [0.25, 0.3) is 0 Å². The van der Waals surface area contributed by atoms with Crippen molar-refractivity contribution in [2.75, 3.05) is 40.3 Å². The van der Waals surface area contributed by atoms with E-state index in [1.165, 1.54) is 6.07 Å². The summed E-state index contributed by atoms with van der Waals surface area (Å²) in [6.45, 7) is 6.41. The molecule has 1 aliphatic rings. The summed E-state index contributed by atoms with van der Waals surface area (Å²) in [4.78, 5) is 16.9. The minimum Gasteiger partial charge on any atom is -0.507 e. The molecule has 1 N–H and O–H groups in total. The Balaban J connectivity index is 1.81. The van der Waals surface area contributed by atoms with E-state index in [4.69, 9.17) is 9.15 Å². The average Bonchev–Trinajstić information content (AvgIpc) is 2.73. The number of rotatable bonds is 4. The molecule has 1 aliphatic heterocycles. The van der Waals surface area contributed by atoms with Gasteiger partial charge in [-0.1, -0.05) is 12.1 Å². The Labute approximate surface area is 169 Å². The lowest BCUT2D eigenvalue weighted by Gasteiger charge is -2.32. The zero-order valence-electron chi connectivity index (χ0n) is 17.1. The van der Waals surface area contributed by atoms with Crippen molar-refractivity contribution in [3.63, 3.8) is 0 Å². The number of benzene rings is 2. The number of hydrogen-bond donors (Lipinski definition) is 1. The zero-order valence-corrected chi connectivity index (χ0v) is 17.1. The van der Waals surface area contributed by atoms with Crippen molar-refractivity contribution >= 4 is 11.0 Å². The number of nitrogens with zero attached hydrogens (tertiary/aromatic N) is 2. The third-order valence-electron chi connectivity index (χ3n) is 5.71. The summed E-state index contributed by atoms with van der Waals surface area (Å²) in [5, 5.41) is 11.6. The van der Waals surface area contributed by atoms with Gasteiger partial charge in [-0.05, 0) is 43.3 Å². The highest BCUT2D eigenvalue weighted by Crippen LogP contribution is 2.36. The Kier molecular flexibility index (Phi) is 5.30. The van der Waals surface area contributed by atoms with E-state index in [-0.39, 0.29) is 5.75 Å². The van der Waals surface area contributed by atoms with E-state index < -0.39 is 5.63 Å². The van der Waals surface area contributed by atoms with Crippen LogP contribution in [0.3, 0.4) is 0 Å². The third kappa shape index (κ3) is 3.86. The molecule has 1 aromatic heterocycles. The smallest absolute Gasteiger partial charge is 0.336 e. The number of aryl methyl sites for hydroxylation is 1. The molecule has 2 aromatic carbocycles. The van der Waals surface area contributed by atoms with Gasteiger partial charge in [-0.2, -0.15) is 0 Å². The van der Waals surface area contributed by atoms with Crippen molar-refractivity contribution < 1.29 is 14.3 Å². The Morgan fingerprint density at radius 2 is 1.79 bits per heavy atom. The maximum Gasteiger partial charge on any atom is 0.336 e. The molecule has 0 atom stereocenters. The van der Waals surface area contributed by atoms with Crippen LogP contribution >= 0.6 is 0 Å². The third-order valence-corrected chi connectivity index (χ3v) is 5.71. The average molecular weight is 394 g/mol. The molecule has 0 spiro atoms. The second-order valence-corrected chi connectivity index (χ2v) is 7.67. The normalized spacial score (nSPS) is 15.7. The second kappa shape index (κ2) is 7.89. The van der Waals surface area contributed by atoms with Gasteiger partial charge in [0, 0.05) is 55.3 Å². The Hall–Kier alpha value is -2.83. The van der Waals surface area contributed by atoms with Crippen molar-refractivity contribution in [2.45, 2.75) is 13.5 Å². The lowest BCUT2D eigenvalue weighted by atomic mass is 9.97. The highest BCUT2D eigenvalue weighted by atomic mass is 16.5. The first-order chi connectivity index (χ1) is 14.0. The van der Waals surface area contributed by atoms with Gasteiger partial charge in [-0.25, -0.2) is 4.79 Å². The lowest BCUT2D eigenvalue weighted by molar-refractivity contribution is 0.147. The first kappa shape index (κ1) is 19.5. The number of likely N-dealkylation sites (N-methyl/N-ethyl adjacent to an activating group) is 1. The lowest BCUT2D eigenvalue weighted by Crippen LogP contribution is -2.43. The van der Waals surface area contributed by atoms with Crippen LogP contribution in [0.2, 0.25) is 0 Å². The Morgan fingerprint density at radius 1 is 1.10 bits per heavy atom. The first-order valence-electron chi connectivity index (χ1n) is 9.81. The molecule has 6 heteroatoms. The molecule has 0 saturated carbocycles. The van der Waals surface area contributed by atoms with Crippen LogP contribution < -0.4 is 10.4 Å². The number of phenolic OH excluding ortho intramolecular Hbond substituents is 1. The minimum absolute atomic E-state index is 0.200. The summed E-state index contributed by atoms with van der Waals surface area (Å²) in [5.74, 6) is 0.956. The monoisotopic (exact) mass is 394 g/mol. The highest BCUT2D eigenvalue weighted by Gasteiger charge is 2.20. The van der Waals surface area contributed by atoms with Crippen LogP contribution in [0, 0.1) is 6.92 Å². The van der Waals surface area contributed by atoms with E-state index in [2.05, 4.69) is 16.8 Å². The number of methoxy groups -OCH3 is 1. The number of aromatic hydroxyl groups is 1. The number of hydrogen-bond acceptors (Lipinski definition) is 6. The molecule has 0 amide bonds. The fraction of sp³-hybridized carbons (Fsp3) is 0.348. The summed E-state index contributed by atoms with van der Waals surface area (Å²) < 4.78 is 10.7. The van der Waals surface area contributed by atoms with E-state index in [0.29, 0.717) is 17.7 Å². The number of phenols is 1. The molecule has 0 bridgehead atoms. The SMILES string of the molecule is COc1ccc(-c2cc(=O)oc3c(C)c(O)c(CN4CCN(C)CC4)cc23)cc1. The van der Waals surface area contributed by atoms with Crippen molar-refractivity contribution in [2.24, 2.45) is 0 Å². The summed E-state index contributed by atoms with van der Waals surface area (Å²) in [6, 6.07) is 11.1. The predicted molar refractivity (Wildman–Crippen MR) is 114 cm³/mol. The first-order valence-corrected chi connectivity index (χ1v) is 9.81. The fourth-order valence-electron chi connectivity index (χ4n) is 3.89. The molecule has 2 heterocycles. The van der Waals surface area contributed by atoms with Crippen LogP contribution in [0.15, 0.2) is 45.6 Å². The molecule has 0 radical (unpaired) electrons. The van der Waals surface area contributed by atoms with Gasteiger partial charge >= 0.3 is 5.63 Å². The topological polar surface area (TPSA) is 66.2 Å². The maximum absolute atomic E-state index is 12.2. The van der Waals surface area contributed by atoms with Gasteiger partial charge in [0.2, 0.25) is 0 Å². The Bertz CT molecular complexity index is 1080. The second-order valence-electron chi connectivity index (χ2n) is 7.67. The molecule has 1 fully saturated rings. The van der Waals surface area contributed by atoms with Crippen LogP contribution in [0.5, 0.6) is 11.5 Å². The maximum atomic E-state index is 12.2. The predicted octanol–water partition coefficient (Wildman–Crippen LogP) is 3.23. The van der Waals surface area contributed by atoms with Gasteiger partial charge in [0.05, 0.1) is 7.11 Å². The van der Waals surface area contributed by atoms with Crippen molar-refractivity contribution in [3.8, 4) is 22.6 Å². The van der Waals surface area contributed by atoms with Crippen LogP contribution in [0.4, 0.5) is 0 Å².